The molecule has 2 fully saturated rings. The van der Waals surface area contributed by atoms with Crippen LogP contribution in [-0.4, -0.2) is 35.3 Å². The predicted molar refractivity (Wildman–Crippen MR) is 92.5 cm³/mol. The van der Waals surface area contributed by atoms with Crippen LogP contribution in [0.3, 0.4) is 0 Å². The van der Waals surface area contributed by atoms with Crippen LogP contribution in [0, 0.1) is 0 Å². The molecule has 0 aromatic heterocycles. The van der Waals surface area contributed by atoms with Crippen LogP contribution in [-0.2, 0) is 15.3 Å². The van der Waals surface area contributed by atoms with Crippen LogP contribution in [0.25, 0.3) is 0 Å². The molecule has 1 aromatic carbocycles. The summed E-state index contributed by atoms with van der Waals surface area (Å²) in [6.45, 7) is 5.09. The van der Waals surface area contributed by atoms with Gasteiger partial charge in [-0.25, -0.2) is 0 Å². The fraction of sp³-hybridized carbons (Fsp3) is 0.579. The minimum atomic E-state index is -1.02. The van der Waals surface area contributed by atoms with Gasteiger partial charge in [-0.2, -0.15) is 0 Å². The van der Waals surface area contributed by atoms with E-state index < -0.39 is 11.2 Å². The fourth-order valence-electron chi connectivity index (χ4n) is 4.88. The van der Waals surface area contributed by atoms with Gasteiger partial charge < -0.3 is 9.80 Å². The zero-order valence-corrected chi connectivity index (χ0v) is 14.5. The van der Waals surface area contributed by atoms with E-state index >= 15 is 0 Å². The molecule has 1 atom stereocenters. The summed E-state index contributed by atoms with van der Waals surface area (Å²) in [5, 5.41) is 3.59. The van der Waals surface area contributed by atoms with Gasteiger partial charge in [0.05, 0.1) is 5.69 Å². The lowest BCUT2D eigenvalue weighted by molar-refractivity contribution is -0.141. The smallest absolute Gasteiger partial charge is 0.273 e. The molecular weight excluding hydrogens is 302 g/mol. The second-order valence-electron chi connectivity index (χ2n) is 7.09. The second-order valence-corrected chi connectivity index (χ2v) is 7.09. The summed E-state index contributed by atoms with van der Waals surface area (Å²) in [6.07, 6.45) is 4.90. The van der Waals surface area contributed by atoms with E-state index in [4.69, 9.17) is 0 Å². The van der Waals surface area contributed by atoms with Crippen molar-refractivity contribution in [3.05, 3.63) is 29.8 Å². The highest BCUT2D eigenvalue weighted by Crippen LogP contribution is 2.49. The molecule has 2 spiro atoms. The highest BCUT2D eigenvalue weighted by atomic mass is 16.2. The van der Waals surface area contributed by atoms with Crippen molar-refractivity contribution >= 4 is 17.5 Å². The molecule has 0 radical (unpaired) electrons. The van der Waals surface area contributed by atoms with E-state index in [1.807, 2.05) is 38.1 Å². The molecule has 1 saturated carbocycles. The van der Waals surface area contributed by atoms with Crippen molar-refractivity contribution in [1.82, 2.24) is 10.2 Å². The van der Waals surface area contributed by atoms with E-state index in [1.54, 1.807) is 9.80 Å². The predicted octanol–water partition coefficient (Wildman–Crippen LogP) is 2.36. The Hall–Kier alpha value is -1.88. The van der Waals surface area contributed by atoms with Gasteiger partial charge in [-0.05, 0) is 32.8 Å². The average Bonchev–Trinajstić information content (AvgIpc) is 2.99. The zero-order valence-electron chi connectivity index (χ0n) is 14.5. The topological polar surface area (TPSA) is 52.7 Å². The molecule has 1 aromatic rings. The van der Waals surface area contributed by atoms with Gasteiger partial charge in [0.2, 0.25) is 11.6 Å². The summed E-state index contributed by atoms with van der Waals surface area (Å²) in [5.41, 5.74) is 0.266. The second kappa shape index (κ2) is 5.31. The summed E-state index contributed by atoms with van der Waals surface area (Å²) >= 11 is 0. The van der Waals surface area contributed by atoms with Crippen LogP contribution < -0.4 is 10.2 Å². The van der Waals surface area contributed by atoms with Crippen molar-refractivity contribution in [2.24, 2.45) is 0 Å². The molecule has 2 amide bonds. The van der Waals surface area contributed by atoms with Crippen LogP contribution in [0.15, 0.2) is 24.3 Å². The van der Waals surface area contributed by atoms with Gasteiger partial charge in [0.15, 0.2) is 0 Å². The first-order valence-corrected chi connectivity index (χ1v) is 9.13. The van der Waals surface area contributed by atoms with Crippen LogP contribution in [0.1, 0.15) is 51.5 Å². The van der Waals surface area contributed by atoms with Crippen molar-refractivity contribution < 1.29 is 9.59 Å². The molecular formula is C19H25N3O2. The lowest BCUT2D eigenvalue weighted by Crippen LogP contribution is -2.58. The Labute approximate surface area is 143 Å². The highest BCUT2D eigenvalue weighted by molar-refractivity contribution is 6.11. The molecule has 0 bridgehead atoms. The molecule has 3 aliphatic rings. The van der Waals surface area contributed by atoms with E-state index in [0.29, 0.717) is 13.1 Å². The van der Waals surface area contributed by atoms with Gasteiger partial charge in [0.1, 0.15) is 5.54 Å². The van der Waals surface area contributed by atoms with Gasteiger partial charge in [-0.1, -0.05) is 37.5 Å². The van der Waals surface area contributed by atoms with Crippen molar-refractivity contribution in [3.63, 3.8) is 0 Å². The van der Waals surface area contributed by atoms with Gasteiger partial charge in [0.25, 0.3) is 5.91 Å². The van der Waals surface area contributed by atoms with Crippen LogP contribution >= 0.6 is 0 Å². The molecule has 5 nitrogen and oxygen atoms in total. The third-order valence-corrected chi connectivity index (χ3v) is 5.96. The van der Waals surface area contributed by atoms with Crippen LogP contribution in [0.4, 0.5) is 5.69 Å². The summed E-state index contributed by atoms with van der Waals surface area (Å²) in [6, 6.07) is 7.89. The first-order chi connectivity index (χ1) is 11.6. The number of anilines is 1. The molecule has 24 heavy (non-hydrogen) atoms. The number of likely N-dealkylation sites (N-methyl/N-ethyl adjacent to an activating group) is 2. The number of carbonyl (C=O) groups is 2. The maximum Gasteiger partial charge on any atom is 0.273 e. The Kier molecular flexibility index (Phi) is 3.46. The Morgan fingerprint density at radius 1 is 1.00 bits per heavy atom. The quantitative estimate of drug-likeness (QED) is 0.907. The summed E-state index contributed by atoms with van der Waals surface area (Å²) in [7, 11) is 0. The van der Waals surface area contributed by atoms with Gasteiger partial charge in [-0.3, -0.25) is 14.9 Å². The average molecular weight is 327 g/mol. The number of hydrogen-bond acceptors (Lipinski definition) is 3. The maximum absolute atomic E-state index is 13.4. The molecule has 2 aliphatic heterocycles. The molecule has 1 aliphatic carbocycles. The first kappa shape index (κ1) is 15.6. The molecule has 128 valence electrons. The highest BCUT2D eigenvalue weighted by Gasteiger charge is 2.66. The third kappa shape index (κ3) is 1.73. The van der Waals surface area contributed by atoms with E-state index in [1.165, 1.54) is 6.42 Å². The number of amides is 2. The Balaban J connectivity index is 1.90. The third-order valence-electron chi connectivity index (χ3n) is 5.96. The van der Waals surface area contributed by atoms with Crippen LogP contribution in [0.5, 0.6) is 0 Å². The van der Waals surface area contributed by atoms with E-state index in [0.717, 1.165) is 36.9 Å². The Morgan fingerprint density at radius 2 is 1.71 bits per heavy atom. The number of benzene rings is 1. The summed E-state index contributed by atoms with van der Waals surface area (Å²) < 4.78 is 0. The maximum atomic E-state index is 13.4. The van der Waals surface area contributed by atoms with Gasteiger partial charge in [-0.15, -0.1) is 0 Å². The lowest BCUT2D eigenvalue weighted by atomic mass is 9.81. The number of fused-ring (bicyclic) bond motifs is 2. The van der Waals surface area contributed by atoms with Crippen molar-refractivity contribution in [2.45, 2.75) is 57.2 Å². The van der Waals surface area contributed by atoms with E-state index in [-0.39, 0.29) is 11.8 Å². The Morgan fingerprint density at radius 3 is 2.38 bits per heavy atom. The molecule has 4 rings (SSSR count). The van der Waals surface area contributed by atoms with Crippen LogP contribution in [0.2, 0.25) is 0 Å². The number of rotatable bonds is 2. The largest absolute Gasteiger partial charge is 0.311 e. The van der Waals surface area contributed by atoms with Crippen molar-refractivity contribution in [2.75, 3.05) is 18.0 Å². The number of nitrogens with zero attached hydrogens (tertiary/aromatic N) is 2. The molecule has 1 unspecified atom stereocenters. The number of carbonyl (C=O) groups excluding carboxylic acids is 2. The zero-order chi connectivity index (χ0) is 16.9. The monoisotopic (exact) mass is 327 g/mol. The summed E-state index contributed by atoms with van der Waals surface area (Å²) in [4.78, 5) is 30.3. The fourth-order valence-corrected chi connectivity index (χ4v) is 4.88. The lowest BCUT2D eigenvalue weighted by Gasteiger charge is -2.34. The molecule has 1 saturated heterocycles. The number of nitrogens with one attached hydrogen (secondary N) is 1. The minimum absolute atomic E-state index is 0.0103. The van der Waals surface area contributed by atoms with Crippen molar-refractivity contribution in [1.29, 1.82) is 0 Å². The Bertz CT molecular complexity index is 696. The van der Waals surface area contributed by atoms with Gasteiger partial charge >= 0.3 is 0 Å². The number of hydrogen-bond donors (Lipinski definition) is 1. The van der Waals surface area contributed by atoms with E-state index in [2.05, 4.69) is 5.32 Å². The SMILES string of the molecule is CCN1C(=O)C2(NC3(CCCCC3)C(=O)N2CC)c2ccccc21. The minimum Gasteiger partial charge on any atom is -0.311 e. The number of para-hydroxylation sites is 1. The molecule has 5 heteroatoms. The van der Waals surface area contributed by atoms with E-state index in [9.17, 15) is 9.59 Å². The summed E-state index contributed by atoms with van der Waals surface area (Å²) in [5.74, 6) is 0.0923. The standard InChI is InChI=1S/C19H25N3O2/c1-3-21-15-11-7-6-10-14(15)19(17(21)24)20-18(12-8-5-9-13-18)16(23)22(19)4-2/h6-7,10-11,20H,3-5,8-9,12-13H2,1-2H3. The first-order valence-electron chi connectivity index (χ1n) is 9.13. The van der Waals surface area contributed by atoms with Crippen molar-refractivity contribution in [3.8, 4) is 0 Å². The molecule has 2 heterocycles. The molecule has 1 N–H and O–H groups in total. The van der Waals surface area contributed by atoms with Gasteiger partial charge in [0, 0.05) is 18.7 Å². The normalized spacial score (nSPS) is 28.2.